The van der Waals surface area contributed by atoms with E-state index < -0.39 is 22.4 Å². The van der Waals surface area contributed by atoms with E-state index in [1.807, 2.05) is 13.8 Å². The van der Waals surface area contributed by atoms with Gasteiger partial charge in [0.05, 0.1) is 10.4 Å². The van der Waals surface area contributed by atoms with E-state index >= 15 is 0 Å². The Morgan fingerprint density at radius 3 is 2.25 bits per heavy atom. The number of fused-ring (bicyclic) bond motifs is 1. The number of non-ortho nitro benzene ring substituents is 1. The molecule has 0 atom stereocenters. The summed E-state index contributed by atoms with van der Waals surface area (Å²) in [6.45, 7) is 3.77. The highest BCUT2D eigenvalue weighted by Crippen LogP contribution is 2.35. The molecule has 1 heterocycles. The summed E-state index contributed by atoms with van der Waals surface area (Å²) >= 11 is 0. The third kappa shape index (κ3) is 2.51. The monoisotopic (exact) mass is 334 g/mol. The summed E-state index contributed by atoms with van der Waals surface area (Å²) in [4.78, 5) is 10.5. The van der Waals surface area contributed by atoms with Gasteiger partial charge in [0.15, 0.2) is 17.5 Å². The molecule has 0 bridgehead atoms. The molecule has 0 aliphatic heterocycles. The number of benzene rings is 2. The number of hydrogen-bond donors (Lipinski definition) is 0. The molecule has 3 aromatic rings. The van der Waals surface area contributed by atoms with E-state index in [1.165, 1.54) is 18.2 Å². The van der Waals surface area contributed by atoms with Gasteiger partial charge in [0.1, 0.15) is 0 Å². The van der Waals surface area contributed by atoms with Crippen molar-refractivity contribution in [2.75, 3.05) is 0 Å². The van der Waals surface area contributed by atoms with Crippen LogP contribution in [-0.4, -0.2) is 9.49 Å². The number of rotatable bonds is 3. The van der Waals surface area contributed by atoms with Crippen molar-refractivity contribution in [3.8, 4) is 11.1 Å². The topological polar surface area (TPSA) is 48.1 Å². The Hall–Kier alpha value is -2.83. The van der Waals surface area contributed by atoms with Crippen molar-refractivity contribution in [3.05, 3.63) is 64.1 Å². The second-order valence-electron chi connectivity index (χ2n) is 5.76. The molecule has 0 unspecified atom stereocenters. The van der Waals surface area contributed by atoms with Crippen molar-refractivity contribution >= 4 is 16.6 Å². The lowest BCUT2D eigenvalue weighted by atomic mass is 10.0. The zero-order valence-corrected chi connectivity index (χ0v) is 12.9. The van der Waals surface area contributed by atoms with E-state index in [1.54, 1.807) is 10.8 Å². The minimum absolute atomic E-state index is 0.0293. The van der Waals surface area contributed by atoms with E-state index in [2.05, 4.69) is 0 Å². The summed E-state index contributed by atoms with van der Waals surface area (Å²) < 4.78 is 42.1. The number of aromatic nitrogens is 1. The van der Waals surface area contributed by atoms with Crippen LogP contribution in [0.2, 0.25) is 0 Å². The maximum Gasteiger partial charge on any atom is 0.271 e. The smallest absolute Gasteiger partial charge is 0.271 e. The average Bonchev–Trinajstić information content (AvgIpc) is 2.91. The third-order valence-corrected chi connectivity index (χ3v) is 3.88. The van der Waals surface area contributed by atoms with E-state index in [-0.39, 0.29) is 17.3 Å². The van der Waals surface area contributed by atoms with Crippen molar-refractivity contribution < 1.29 is 18.1 Å². The van der Waals surface area contributed by atoms with Crippen LogP contribution in [0.15, 0.2) is 36.5 Å². The summed E-state index contributed by atoms with van der Waals surface area (Å²) in [5.41, 5.74) is 1.14. The van der Waals surface area contributed by atoms with Gasteiger partial charge in [-0.2, -0.15) is 0 Å². The van der Waals surface area contributed by atoms with Crippen molar-refractivity contribution in [3.63, 3.8) is 0 Å². The molecule has 0 aliphatic rings. The second-order valence-corrected chi connectivity index (χ2v) is 5.76. The number of hydrogen-bond acceptors (Lipinski definition) is 2. The molecule has 0 saturated carbocycles. The van der Waals surface area contributed by atoms with E-state index in [9.17, 15) is 23.3 Å². The highest BCUT2D eigenvalue weighted by molar-refractivity contribution is 5.97. The molecule has 0 spiro atoms. The van der Waals surface area contributed by atoms with Crippen molar-refractivity contribution in [1.29, 1.82) is 0 Å². The van der Waals surface area contributed by atoms with Gasteiger partial charge >= 0.3 is 0 Å². The molecule has 0 fully saturated rings. The first-order chi connectivity index (χ1) is 11.3. The standard InChI is InChI=1S/C17H13F3N2O2/c1-9(2)21-8-13(10-5-14(18)17(20)15(19)6-10)12-4-3-11(22(23)24)7-16(12)21/h3-9H,1-2H3. The predicted molar refractivity (Wildman–Crippen MR) is 84.3 cm³/mol. The first-order valence-electron chi connectivity index (χ1n) is 7.23. The Labute approximate surface area is 135 Å². The molecule has 2 aromatic carbocycles. The molecule has 0 saturated heterocycles. The van der Waals surface area contributed by atoms with Crippen molar-refractivity contribution in [2.24, 2.45) is 0 Å². The number of nitro benzene ring substituents is 1. The van der Waals surface area contributed by atoms with E-state index in [0.29, 0.717) is 16.5 Å². The van der Waals surface area contributed by atoms with Crippen LogP contribution in [0.5, 0.6) is 0 Å². The van der Waals surface area contributed by atoms with Gasteiger partial charge in [-0.1, -0.05) is 0 Å². The highest BCUT2D eigenvalue weighted by atomic mass is 19.2. The molecule has 3 rings (SSSR count). The van der Waals surface area contributed by atoms with Crippen LogP contribution in [0.1, 0.15) is 19.9 Å². The van der Waals surface area contributed by atoms with Gasteiger partial charge in [0.2, 0.25) is 0 Å². The zero-order chi connectivity index (χ0) is 17.6. The van der Waals surface area contributed by atoms with Gasteiger partial charge in [-0.3, -0.25) is 10.1 Å². The summed E-state index contributed by atoms with van der Waals surface area (Å²) in [7, 11) is 0. The molecule has 0 aliphatic carbocycles. The highest BCUT2D eigenvalue weighted by Gasteiger charge is 2.18. The van der Waals surface area contributed by atoms with E-state index in [4.69, 9.17) is 0 Å². The molecular weight excluding hydrogens is 321 g/mol. The van der Waals surface area contributed by atoms with Crippen LogP contribution in [0.25, 0.3) is 22.0 Å². The minimum atomic E-state index is -1.53. The van der Waals surface area contributed by atoms with Crippen LogP contribution < -0.4 is 0 Å². The Kier molecular flexibility index (Phi) is 3.79. The van der Waals surface area contributed by atoms with Gasteiger partial charge in [0.25, 0.3) is 5.69 Å². The van der Waals surface area contributed by atoms with Crippen LogP contribution >= 0.6 is 0 Å². The van der Waals surface area contributed by atoms with Gasteiger partial charge in [0, 0.05) is 35.3 Å². The third-order valence-electron chi connectivity index (χ3n) is 3.88. The van der Waals surface area contributed by atoms with Crippen LogP contribution in [0, 0.1) is 27.6 Å². The fourth-order valence-electron chi connectivity index (χ4n) is 2.72. The van der Waals surface area contributed by atoms with Gasteiger partial charge < -0.3 is 4.57 Å². The number of halogens is 3. The molecule has 124 valence electrons. The Morgan fingerprint density at radius 1 is 1.08 bits per heavy atom. The Balaban J connectivity index is 2.31. The fraction of sp³-hybridized carbons (Fsp3) is 0.176. The molecule has 24 heavy (non-hydrogen) atoms. The summed E-state index contributed by atoms with van der Waals surface area (Å²) in [6.07, 6.45) is 1.66. The first-order valence-corrected chi connectivity index (χ1v) is 7.23. The van der Waals surface area contributed by atoms with Gasteiger partial charge in [-0.05, 0) is 37.6 Å². The number of nitrogens with zero attached hydrogens (tertiary/aromatic N) is 2. The van der Waals surface area contributed by atoms with Crippen LogP contribution in [0.4, 0.5) is 18.9 Å². The molecule has 0 amide bonds. The largest absolute Gasteiger partial charge is 0.344 e. The van der Waals surface area contributed by atoms with Gasteiger partial charge in [-0.15, -0.1) is 0 Å². The molecule has 0 radical (unpaired) electrons. The first kappa shape index (κ1) is 16.0. The normalized spacial score (nSPS) is 11.4. The maximum absolute atomic E-state index is 13.5. The summed E-state index contributed by atoms with van der Waals surface area (Å²) in [6, 6.07) is 6.07. The molecule has 7 heteroatoms. The van der Waals surface area contributed by atoms with Gasteiger partial charge in [-0.25, -0.2) is 13.2 Å². The lowest BCUT2D eigenvalue weighted by Gasteiger charge is -2.08. The number of nitro groups is 1. The molecular formula is C17H13F3N2O2. The SMILES string of the molecule is CC(C)n1cc(-c2cc(F)c(F)c(F)c2)c2ccc([N+](=O)[O-])cc21. The Morgan fingerprint density at radius 2 is 1.71 bits per heavy atom. The summed E-state index contributed by atoms with van der Waals surface area (Å²) in [5.74, 6) is -4.09. The fourth-order valence-corrected chi connectivity index (χ4v) is 2.72. The Bertz CT molecular complexity index is 941. The minimum Gasteiger partial charge on any atom is -0.344 e. The maximum atomic E-state index is 13.5. The molecule has 0 N–H and O–H groups in total. The summed E-state index contributed by atoms with van der Waals surface area (Å²) in [5, 5.41) is 11.6. The van der Waals surface area contributed by atoms with Crippen molar-refractivity contribution in [1.82, 2.24) is 4.57 Å². The predicted octanol–water partition coefficient (Wildman–Crippen LogP) is 5.21. The lowest BCUT2D eigenvalue weighted by molar-refractivity contribution is -0.384. The van der Waals surface area contributed by atoms with Crippen LogP contribution in [-0.2, 0) is 0 Å². The molecule has 4 nitrogen and oxygen atoms in total. The average molecular weight is 334 g/mol. The molecule has 1 aromatic heterocycles. The lowest BCUT2D eigenvalue weighted by Crippen LogP contribution is -1.98. The zero-order valence-electron chi connectivity index (χ0n) is 12.9. The quantitative estimate of drug-likeness (QED) is 0.375. The van der Waals surface area contributed by atoms with E-state index in [0.717, 1.165) is 12.1 Å². The van der Waals surface area contributed by atoms with Crippen molar-refractivity contribution in [2.45, 2.75) is 19.9 Å². The van der Waals surface area contributed by atoms with Crippen LogP contribution in [0.3, 0.4) is 0 Å². The second kappa shape index (κ2) is 5.67.